The van der Waals surface area contributed by atoms with E-state index < -0.39 is 12.0 Å². The van der Waals surface area contributed by atoms with Crippen LogP contribution in [0.5, 0.6) is 0 Å². The summed E-state index contributed by atoms with van der Waals surface area (Å²) >= 11 is -0.164. The Kier molecular flexibility index (Phi) is 4.33. The third-order valence-corrected chi connectivity index (χ3v) is 3.48. The second-order valence-electron chi connectivity index (χ2n) is 2.94. The molecule has 86 valence electrons. The van der Waals surface area contributed by atoms with E-state index in [0.29, 0.717) is 16.1 Å². The third-order valence-electron chi connectivity index (χ3n) is 1.82. The van der Waals surface area contributed by atoms with Crippen LogP contribution in [-0.2, 0) is 4.79 Å². The number of allylic oxidation sites excluding steroid dienone is 1. The molecule has 0 saturated heterocycles. The number of ketones is 1. The van der Waals surface area contributed by atoms with Crippen LogP contribution in [0.25, 0.3) is 4.47 Å². The van der Waals surface area contributed by atoms with E-state index in [0.717, 1.165) is 0 Å². The van der Waals surface area contributed by atoms with Crippen molar-refractivity contribution in [2.45, 2.75) is 12.0 Å². The van der Waals surface area contributed by atoms with Crippen molar-refractivity contribution in [3.05, 3.63) is 42.0 Å². The van der Waals surface area contributed by atoms with E-state index in [1.54, 1.807) is 36.2 Å². The molecule has 0 unspecified atom stereocenters. The summed E-state index contributed by atoms with van der Waals surface area (Å²) in [4.78, 5) is 10.8. The summed E-state index contributed by atoms with van der Waals surface area (Å²) in [5, 5.41) is 0. The molecule has 0 heterocycles. The molecule has 0 aromatic heterocycles. The molecule has 0 aliphatic heterocycles. The van der Waals surface area contributed by atoms with Crippen molar-refractivity contribution in [2.75, 3.05) is 0 Å². The molecule has 0 radical (unpaired) electrons. The van der Waals surface area contributed by atoms with Crippen molar-refractivity contribution in [3.8, 4) is 0 Å². The molecule has 1 aromatic carbocycles. The minimum absolute atomic E-state index is 0.164. The first-order valence-electron chi connectivity index (χ1n) is 4.37. The topological polar surface area (TPSA) is 17.1 Å². The molecule has 0 aliphatic carbocycles. The van der Waals surface area contributed by atoms with Crippen molar-refractivity contribution >= 4 is 25.2 Å². The summed E-state index contributed by atoms with van der Waals surface area (Å²) in [7, 11) is 0. The molecule has 16 heavy (non-hydrogen) atoms. The number of carbonyl (C=O) groups is 1. The van der Waals surface area contributed by atoms with Gasteiger partial charge in [0, 0.05) is 0 Å². The molecule has 1 rings (SSSR count). The van der Waals surface area contributed by atoms with Crippen molar-refractivity contribution < 1.29 is 18.0 Å². The second kappa shape index (κ2) is 5.32. The van der Waals surface area contributed by atoms with Gasteiger partial charge in [0.1, 0.15) is 0 Å². The summed E-state index contributed by atoms with van der Waals surface area (Å²) in [5.74, 6) is -0.0229. The molecule has 0 N–H and O–H groups in total. The van der Waals surface area contributed by atoms with Gasteiger partial charge in [0.25, 0.3) is 0 Å². The average Bonchev–Trinajstić information content (AvgIpc) is 2.25. The zero-order chi connectivity index (χ0) is 12.2. The molecule has 0 aliphatic rings. The Morgan fingerprint density at radius 2 is 1.81 bits per heavy atom. The molecule has 1 nitrogen and oxygen atoms in total. The molecule has 1 aromatic rings. The molecule has 0 spiro atoms. The predicted molar refractivity (Wildman–Crippen MR) is 57.1 cm³/mol. The Morgan fingerprint density at radius 3 is 2.25 bits per heavy atom. The van der Waals surface area contributed by atoms with Crippen molar-refractivity contribution in [2.24, 2.45) is 0 Å². The van der Waals surface area contributed by atoms with Gasteiger partial charge in [0.2, 0.25) is 0 Å². The first kappa shape index (κ1) is 13.0. The minimum atomic E-state index is -4.79. The molecular formula is C11H9F3OSe. The molecule has 0 bridgehead atoms. The fraction of sp³-hybridized carbons (Fsp3) is 0.182. The van der Waals surface area contributed by atoms with Crippen molar-refractivity contribution in [1.82, 2.24) is 0 Å². The van der Waals surface area contributed by atoms with E-state index >= 15 is 0 Å². The Bertz CT molecular complexity index is 395. The quantitative estimate of drug-likeness (QED) is 0.618. The number of hydrogen-bond donors (Lipinski definition) is 0. The Labute approximate surface area is 97.5 Å². The van der Waals surface area contributed by atoms with Gasteiger partial charge in [-0.2, -0.15) is 0 Å². The van der Waals surface area contributed by atoms with Gasteiger partial charge in [-0.25, -0.2) is 0 Å². The Morgan fingerprint density at radius 1 is 1.25 bits per heavy atom. The zero-order valence-electron chi connectivity index (χ0n) is 8.41. The van der Waals surface area contributed by atoms with Crippen LogP contribution in [0.1, 0.15) is 5.56 Å². The van der Waals surface area contributed by atoms with Gasteiger partial charge in [-0.1, -0.05) is 0 Å². The number of alkyl halides is 3. The summed E-state index contributed by atoms with van der Waals surface area (Å²) in [5.41, 5.74) is 0.669. The van der Waals surface area contributed by atoms with E-state index in [1.165, 1.54) is 0 Å². The normalized spacial score (nSPS) is 12.6. The van der Waals surface area contributed by atoms with Gasteiger partial charge in [-0.15, -0.1) is 0 Å². The van der Waals surface area contributed by atoms with Crippen LogP contribution in [0.3, 0.4) is 0 Å². The SMILES string of the molecule is C[Se]/C(=C\C(=O)C(F)(F)F)c1ccccc1. The third kappa shape index (κ3) is 3.51. The summed E-state index contributed by atoms with van der Waals surface area (Å²) in [6, 6.07) is 8.62. The van der Waals surface area contributed by atoms with Gasteiger partial charge < -0.3 is 0 Å². The van der Waals surface area contributed by atoms with E-state index in [1.807, 2.05) is 0 Å². The maximum absolute atomic E-state index is 12.1. The zero-order valence-corrected chi connectivity index (χ0v) is 10.1. The Hall–Kier alpha value is -1.06. The average molecular weight is 293 g/mol. The van der Waals surface area contributed by atoms with Crippen LogP contribution >= 0.6 is 0 Å². The summed E-state index contributed by atoms with van der Waals surface area (Å²) in [6.07, 6.45) is -4.10. The van der Waals surface area contributed by atoms with Gasteiger partial charge >= 0.3 is 97.1 Å². The fourth-order valence-electron chi connectivity index (χ4n) is 1.06. The standard InChI is InChI=1S/C11H9F3OSe/c1-16-9(7-10(15)11(12,13)14)8-5-3-2-4-6-8/h2-7H,1H3/b9-7-. The predicted octanol–water partition coefficient (Wildman–Crippen LogP) is 2.91. The molecular weight excluding hydrogens is 284 g/mol. The van der Waals surface area contributed by atoms with Crippen LogP contribution in [0.15, 0.2) is 36.4 Å². The first-order valence-corrected chi connectivity index (χ1v) is 6.94. The number of hydrogen-bond acceptors (Lipinski definition) is 1. The van der Waals surface area contributed by atoms with Crippen LogP contribution in [0.2, 0.25) is 5.82 Å². The van der Waals surface area contributed by atoms with Crippen molar-refractivity contribution in [1.29, 1.82) is 0 Å². The van der Waals surface area contributed by atoms with Crippen LogP contribution < -0.4 is 0 Å². The van der Waals surface area contributed by atoms with Crippen LogP contribution in [0, 0.1) is 0 Å². The molecule has 0 amide bonds. The van der Waals surface area contributed by atoms with E-state index in [9.17, 15) is 18.0 Å². The van der Waals surface area contributed by atoms with Crippen molar-refractivity contribution in [3.63, 3.8) is 0 Å². The maximum atomic E-state index is 12.1. The molecule has 5 heteroatoms. The van der Waals surface area contributed by atoms with E-state index in [4.69, 9.17) is 0 Å². The first-order chi connectivity index (χ1) is 7.45. The van der Waals surface area contributed by atoms with E-state index in [2.05, 4.69) is 0 Å². The Balaban J connectivity index is 3.00. The van der Waals surface area contributed by atoms with E-state index in [-0.39, 0.29) is 15.0 Å². The molecule has 0 atom stereocenters. The van der Waals surface area contributed by atoms with Crippen LogP contribution in [0.4, 0.5) is 13.2 Å². The molecule has 0 fully saturated rings. The van der Waals surface area contributed by atoms with Gasteiger partial charge in [0.15, 0.2) is 0 Å². The van der Waals surface area contributed by atoms with Gasteiger partial charge in [0.05, 0.1) is 0 Å². The number of carbonyl (C=O) groups excluding carboxylic acids is 1. The molecule has 0 saturated carbocycles. The van der Waals surface area contributed by atoms with Crippen LogP contribution in [-0.4, -0.2) is 26.9 Å². The van der Waals surface area contributed by atoms with Gasteiger partial charge in [-0.05, 0) is 0 Å². The number of benzene rings is 1. The monoisotopic (exact) mass is 294 g/mol. The summed E-state index contributed by atoms with van der Waals surface area (Å²) < 4.78 is 36.7. The number of rotatable bonds is 3. The second-order valence-corrected chi connectivity index (χ2v) is 4.72. The van der Waals surface area contributed by atoms with Gasteiger partial charge in [-0.3, -0.25) is 0 Å². The fourth-order valence-corrected chi connectivity index (χ4v) is 2.32. The number of halogens is 3. The summed E-state index contributed by atoms with van der Waals surface area (Å²) in [6.45, 7) is 0.